The monoisotopic (exact) mass is 238 g/mol. The van der Waals surface area contributed by atoms with E-state index >= 15 is 0 Å². The number of carbonyl (C=O) groups is 1. The Balaban J connectivity index is 2.42. The second kappa shape index (κ2) is 7.31. The molecule has 1 aliphatic rings. The Kier molecular flexibility index (Phi) is 6.03. The first-order chi connectivity index (χ1) is 8.19. The minimum Gasteiger partial charge on any atom is -0.378 e. The van der Waals surface area contributed by atoms with Gasteiger partial charge in [0, 0.05) is 25.6 Å². The van der Waals surface area contributed by atoms with Crippen LogP contribution in [0.15, 0.2) is 0 Å². The molecule has 0 saturated carbocycles. The molecular weight excluding hydrogens is 216 g/mol. The molecule has 1 N–H and O–H groups in total. The van der Waals surface area contributed by atoms with Crippen molar-refractivity contribution in [3.63, 3.8) is 0 Å². The number of hydrogen-bond donors (Lipinski definition) is 1. The molecule has 4 nitrogen and oxygen atoms in total. The van der Waals surface area contributed by atoms with Gasteiger partial charge in [0.2, 0.25) is 5.91 Å². The highest BCUT2D eigenvalue weighted by Crippen LogP contribution is 2.04. The SMILES string of the molecule is C#CCC(CC)NC(C)C(=O)N1CCOCC1. The molecule has 0 aromatic rings. The Morgan fingerprint density at radius 2 is 2.18 bits per heavy atom. The van der Waals surface area contributed by atoms with Gasteiger partial charge in [0.15, 0.2) is 0 Å². The summed E-state index contributed by atoms with van der Waals surface area (Å²) >= 11 is 0. The number of ether oxygens (including phenoxy) is 1. The zero-order chi connectivity index (χ0) is 12.7. The molecule has 1 rings (SSSR count). The first-order valence-electron chi connectivity index (χ1n) is 6.25. The zero-order valence-electron chi connectivity index (χ0n) is 10.7. The lowest BCUT2D eigenvalue weighted by molar-refractivity contribution is -0.137. The number of morpholine rings is 1. The molecule has 17 heavy (non-hydrogen) atoms. The van der Waals surface area contributed by atoms with Gasteiger partial charge in [-0.15, -0.1) is 12.3 Å². The number of terminal acetylenes is 1. The molecule has 1 fully saturated rings. The van der Waals surface area contributed by atoms with E-state index in [0.717, 1.165) is 6.42 Å². The van der Waals surface area contributed by atoms with Crippen LogP contribution in [0.1, 0.15) is 26.7 Å². The molecule has 0 spiro atoms. The minimum absolute atomic E-state index is 0.142. The normalized spacial score (nSPS) is 19.5. The Labute approximate surface area is 104 Å². The number of rotatable bonds is 5. The Hall–Kier alpha value is -1.05. The summed E-state index contributed by atoms with van der Waals surface area (Å²) in [7, 11) is 0. The lowest BCUT2D eigenvalue weighted by Crippen LogP contribution is -2.51. The topological polar surface area (TPSA) is 41.6 Å². The minimum atomic E-state index is -0.175. The highest BCUT2D eigenvalue weighted by atomic mass is 16.5. The van der Waals surface area contributed by atoms with Crippen molar-refractivity contribution in [1.29, 1.82) is 0 Å². The molecule has 96 valence electrons. The number of amides is 1. The van der Waals surface area contributed by atoms with Gasteiger partial charge in [-0.2, -0.15) is 0 Å². The van der Waals surface area contributed by atoms with E-state index < -0.39 is 0 Å². The molecule has 0 bridgehead atoms. The maximum absolute atomic E-state index is 12.1. The predicted octanol–water partition coefficient (Wildman–Crippen LogP) is 0.625. The van der Waals surface area contributed by atoms with Crippen LogP contribution in [0.5, 0.6) is 0 Å². The third-order valence-electron chi connectivity index (χ3n) is 3.04. The maximum Gasteiger partial charge on any atom is 0.239 e. The van der Waals surface area contributed by atoms with Crippen molar-refractivity contribution in [3.05, 3.63) is 0 Å². The summed E-state index contributed by atoms with van der Waals surface area (Å²) < 4.78 is 5.23. The lowest BCUT2D eigenvalue weighted by atomic mass is 10.1. The van der Waals surface area contributed by atoms with Crippen LogP contribution in [0.4, 0.5) is 0 Å². The molecular formula is C13H22N2O2. The zero-order valence-corrected chi connectivity index (χ0v) is 10.7. The molecule has 0 aromatic carbocycles. The predicted molar refractivity (Wildman–Crippen MR) is 67.5 cm³/mol. The highest BCUT2D eigenvalue weighted by molar-refractivity contribution is 5.81. The van der Waals surface area contributed by atoms with Crippen molar-refractivity contribution < 1.29 is 9.53 Å². The van der Waals surface area contributed by atoms with Crippen molar-refractivity contribution in [2.75, 3.05) is 26.3 Å². The Bertz CT molecular complexity index is 280. The number of nitrogens with one attached hydrogen (secondary N) is 1. The van der Waals surface area contributed by atoms with E-state index in [0.29, 0.717) is 32.7 Å². The smallest absolute Gasteiger partial charge is 0.239 e. The van der Waals surface area contributed by atoms with Gasteiger partial charge in [0.25, 0.3) is 0 Å². The summed E-state index contributed by atoms with van der Waals surface area (Å²) in [6.45, 7) is 6.63. The van der Waals surface area contributed by atoms with Crippen LogP contribution in [-0.2, 0) is 9.53 Å². The fraction of sp³-hybridized carbons (Fsp3) is 0.769. The van der Waals surface area contributed by atoms with Crippen molar-refractivity contribution in [2.24, 2.45) is 0 Å². The number of carbonyl (C=O) groups excluding carboxylic acids is 1. The molecule has 1 heterocycles. The largest absolute Gasteiger partial charge is 0.378 e. The average molecular weight is 238 g/mol. The lowest BCUT2D eigenvalue weighted by Gasteiger charge is -2.30. The molecule has 1 aliphatic heterocycles. The van der Waals surface area contributed by atoms with E-state index in [-0.39, 0.29) is 18.0 Å². The first kappa shape index (κ1) is 14.0. The fourth-order valence-electron chi connectivity index (χ4n) is 1.95. The third-order valence-corrected chi connectivity index (χ3v) is 3.04. The van der Waals surface area contributed by atoms with E-state index in [1.807, 2.05) is 11.8 Å². The summed E-state index contributed by atoms with van der Waals surface area (Å²) in [6, 6.07) is 0.0476. The number of nitrogens with zero attached hydrogens (tertiary/aromatic N) is 1. The van der Waals surface area contributed by atoms with Crippen molar-refractivity contribution >= 4 is 5.91 Å². The van der Waals surface area contributed by atoms with Crippen LogP contribution in [0.25, 0.3) is 0 Å². The summed E-state index contributed by atoms with van der Waals surface area (Å²) in [4.78, 5) is 14.0. The van der Waals surface area contributed by atoms with Gasteiger partial charge >= 0.3 is 0 Å². The van der Waals surface area contributed by atoms with Crippen molar-refractivity contribution in [3.8, 4) is 12.3 Å². The second-order valence-corrected chi connectivity index (χ2v) is 4.34. The van der Waals surface area contributed by atoms with E-state index in [9.17, 15) is 4.79 Å². The van der Waals surface area contributed by atoms with Gasteiger partial charge in [0.1, 0.15) is 0 Å². The van der Waals surface area contributed by atoms with Crippen molar-refractivity contribution in [1.82, 2.24) is 10.2 Å². The molecule has 4 heteroatoms. The van der Waals surface area contributed by atoms with E-state index in [2.05, 4.69) is 18.2 Å². The van der Waals surface area contributed by atoms with E-state index in [4.69, 9.17) is 11.2 Å². The van der Waals surface area contributed by atoms with E-state index in [1.165, 1.54) is 0 Å². The van der Waals surface area contributed by atoms with Crippen LogP contribution >= 0.6 is 0 Å². The maximum atomic E-state index is 12.1. The molecule has 1 amide bonds. The van der Waals surface area contributed by atoms with Gasteiger partial charge in [-0.05, 0) is 13.3 Å². The molecule has 1 saturated heterocycles. The standard InChI is InChI=1S/C13H22N2O2/c1-4-6-12(5-2)14-11(3)13(16)15-7-9-17-10-8-15/h1,11-12,14H,5-10H2,2-3H3. The summed E-state index contributed by atoms with van der Waals surface area (Å²) in [6.07, 6.45) is 6.90. The van der Waals surface area contributed by atoms with Crippen LogP contribution in [-0.4, -0.2) is 49.2 Å². The molecule has 0 radical (unpaired) electrons. The fourth-order valence-corrected chi connectivity index (χ4v) is 1.95. The van der Waals surface area contributed by atoms with Crippen LogP contribution in [0.3, 0.4) is 0 Å². The number of hydrogen-bond acceptors (Lipinski definition) is 3. The molecule has 2 atom stereocenters. The quantitative estimate of drug-likeness (QED) is 0.714. The van der Waals surface area contributed by atoms with Crippen LogP contribution in [0, 0.1) is 12.3 Å². The van der Waals surface area contributed by atoms with Gasteiger partial charge in [-0.25, -0.2) is 0 Å². The Morgan fingerprint density at radius 1 is 1.53 bits per heavy atom. The van der Waals surface area contributed by atoms with Gasteiger partial charge in [-0.1, -0.05) is 6.92 Å². The second-order valence-electron chi connectivity index (χ2n) is 4.34. The van der Waals surface area contributed by atoms with Gasteiger partial charge in [-0.3, -0.25) is 4.79 Å². The summed E-state index contributed by atoms with van der Waals surface area (Å²) in [5.74, 6) is 2.78. The first-order valence-corrected chi connectivity index (χ1v) is 6.25. The van der Waals surface area contributed by atoms with Gasteiger partial charge in [0.05, 0.1) is 19.3 Å². The van der Waals surface area contributed by atoms with Crippen LogP contribution < -0.4 is 5.32 Å². The van der Waals surface area contributed by atoms with E-state index in [1.54, 1.807) is 0 Å². The van der Waals surface area contributed by atoms with Gasteiger partial charge < -0.3 is 15.0 Å². The highest BCUT2D eigenvalue weighted by Gasteiger charge is 2.23. The summed E-state index contributed by atoms with van der Waals surface area (Å²) in [5, 5.41) is 3.29. The molecule has 0 aromatic heterocycles. The Morgan fingerprint density at radius 3 is 2.71 bits per heavy atom. The molecule has 0 aliphatic carbocycles. The summed E-state index contributed by atoms with van der Waals surface area (Å²) in [5.41, 5.74) is 0. The van der Waals surface area contributed by atoms with Crippen LogP contribution in [0.2, 0.25) is 0 Å². The molecule has 2 unspecified atom stereocenters. The van der Waals surface area contributed by atoms with Crippen molar-refractivity contribution in [2.45, 2.75) is 38.8 Å². The third kappa shape index (κ3) is 4.37. The average Bonchev–Trinajstić information content (AvgIpc) is 2.38.